The van der Waals surface area contributed by atoms with Crippen molar-refractivity contribution in [2.45, 2.75) is 44.4 Å². The van der Waals surface area contributed by atoms with Crippen molar-refractivity contribution < 1.29 is 18.6 Å². The van der Waals surface area contributed by atoms with Crippen LogP contribution in [-0.2, 0) is 0 Å². The van der Waals surface area contributed by atoms with Crippen molar-refractivity contribution >= 4 is 0 Å². The van der Waals surface area contributed by atoms with Crippen LogP contribution in [0.3, 0.4) is 0 Å². The Hall–Kier alpha value is -1.20. The van der Waals surface area contributed by atoms with Gasteiger partial charge in [-0.3, -0.25) is 0 Å². The van der Waals surface area contributed by atoms with Crippen molar-refractivity contribution in [3.05, 3.63) is 29.8 Å². The van der Waals surface area contributed by atoms with Gasteiger partial charge in [0.1, 0.15) is 5.75 Å². The summed E-state index contributed by atoms with van der Waals surface area (Å²) in [6.07, 6.45) is 3.33. The van der Waals surface area contributed by atoms with Gasteiger partial charge in [-0.15, -0.1) is 0 Å². The highest BCUT2D eigenvalue weighted by Gasteiger charge is 2.30. The number of para-hydroxylation sites is 1. The van der Waals surface area contributed by atoms with Crippen LogP contribution in [0.1, 0.15) is 37.3 Å². The molecule has 5 heteroatoms. The van der Waals surface area contributed by atoms with Crippen LogP contribution in [0.2, 0.25) is 0 Å². The van der Waals surface area contributed by atoms with E-state index in [0.29, 0.717) is 5.56 Å². The molecule has 106 valence electrons. The lowest BCUT2D eigenvalue weighted by atomic mass is 9.90. The molecule has 0 bridgehead atoms. The van der Waals surface area contributed by atoms with Gasteiger partial charge in [0.25, 0.3) is 0 Å². The van der Waals surface area contributed by atoms with Crippen molar-refractivity contribution in [1.82, 2.24) is 0 Å². The molecule has 0 radical (unpaired) electrons. The van der Waals surface area contributed by atoms with E-state index in [1.165, 1.54) is 6.07 Å². The first kappa shape index (κ1) is 14.2. The maximum absolute atomic E-state index is 12.3. The number of hydrogen-bond acceptors (Lipinski definition) is 3. The van der Waals surface area contributed by atoms with Crippen molar-refractivity contribution in [2.75, 3.05) is 0 Å². The lowest BCUT2D eigenvalue weighted by molar-refractivity contribution is -0.0512. The average molecular weight is 271 g/mol. The predicted molar refractivity (Wildman–Crippen MR) is 68.0 cm³/mol. The minimum absolute atomic E-state index is 0.0436. The van der Waals surface area contributed by atoms with E-state index in [9.17, 15) is 13.9 Å². The molecule has 2 atom stereocenters. The second-order valence-electron chi connectivity index (χ2n) is 4.98. The van der Waals surface area contributed by atoms with E-state index in [-0.39, 0.29) is 11.7 Å². The number of ether oxygens (including phenoxy) is 1. The number of aliphatic hydroxyl groups excluding tert-OH is 1. The highest BCUT2D eigenvalue weighted by molar-refractivity contribution is 5.36. The summed E-state index contributed by atoms with van der Waals surface area (Å²) >= 11 is 0. The molecule has 1 aromatic rings. The van der Waals surface area contributed by atoms with Gasteiger partial charge in [0, 0.05) is 5.56 Å². The first-order chi connectivity index (χ1) is 9.09. The van der Waals surface area contributed by atoms with E-state index < -0.39 is 18.8 Å². The zero-order valence-corrected chi connectivity index (χ0v) is 10.6. The van der Waals surface area contributed by atoms with Gasteiger partial charge in [0.15, 0.2) is 0 Å². The van der Waals surface area contributed by atoms with Gasteiger partial charge in [0.2, 0.25) is 0 Å². The molecule has 3 N–H and O–H groups in total. The third-order valence-electron chi connectivity index (χ3n) is 3.74. The molecule has 0 spiro atoms. The quantitative estimate of drug-likeness (QED) is 0.865. The second kappa shape index (κ2) is 6.30. The number of aliphatic hydroxyl groups is 1. The number of rotatable bonds is 5. The predicted octanol–water partition coefficient (Wildman–Crippen LogP) is 2.84. The lowest BCUT2D eigenvalue weighted by Gasteiger charge is -2.26. The minimum atomic E-state index is -2.89. The summed E-state index contributed by atoms with van der Waals surface area (Å²) < 4.78 is 29.1. The molecular formula is C14H19F2NO2. The molecule has 3 nitrogen and oxygen atoms in total. The van der Waals surface area contributed by atoms with Gasteiger partial charge < -0.3 is 15.6 Å². The van der Waals surface area contributed by atoms with Crippen LogP contribution >= 0.6 is 0 Å². The summed E-state index contributed by atoms with van der Waals surface area (Å²) in [4.78, 5) is 0. The molecular weight excluding hydrogens is 252 g/mol. The molecule has 1 aromatic carbocycles. The summed E-state index contributed by atoms with van der Waals surface area (Å²) in [7, 11) is 0. The summed E-state index contributed by atoms with van der Waals surface area (Å²) in [6.45, 7) is -2.89. The summed E-state index contributed by atoms with van der Waals surface area (Å²) in [6, 6.07) is 5.69. The number of alkyl halides is 2. The molecule has 2 rings (SSSR count). The topological polar surface area (TPSA) is 55.5 Å². The van der Waals surface area contributed by atoms with Crippen molar-refractivity contribution in [1.29, 1.82) is 0 Å². The second-order valence-corrected chi connectivity index (χ2v) is 4.98. The Labute approximate surface area is 111 Å². The molecule has 1 aliphatic rings. The smallest absolute Gasteiger partial charge is 0.387 e. The monoisotopic (exact) mass is 271 g/mol. The summed E-state index contributed by atoms with van der Waals surface area (Å²) in [5.41, 5.74) is 6.45. The molecule has 0 aliphatic heterocycles. The Morgan fingerprint density at radius 2 is 1.84 bits per heavy atom. The Bertz CT molecular complexity index is 408. The molecule has 19 heavy (non-hydrogen) atoms. The molecule has 0 saturated heterocycles. The largest absolute Gasteiger partial charge is 0.434 e. The highest BCUT2D eigenvalue weighted by atomic mass is 19.3. The first-order valence-electron chi connectivity index (χ1n) is 6.57. The van der Waals surface area contributed by atoms with Gasteiger partial charge in [-0.1, -0.05) is 31.0 Å². The molecule has 1 saturated carbocycles. The molecule has 1 aliphatic carbocycles. The zero-order valence-electron chi connectivity index (χ0n) is 10.6. The highest BCUT2D eigenvalue weighted by Crippen LogP contribution is 2.35. The zero-order chi connectivity index (χ0) is 13.8. The third-order valence-corrected chi connectivity index (χ3v) is 3.74. The fraction of sp³-hybridized carbons (Fsp3) is 0.571. The Kier molecular flexibility index (Phi) is 4.71. The van der Waals surface area contributed by atoms with Crippen LogP contribution < -0.4 is 10.5 Å². The average Bonchev–Trinajstić information content (AvgIpc) is 2.91. The van der Waals surface area contributed by atoms with Crippen LogP contribution in [0, 0.1) is 5.92 Å². The van der Waals surface area contributed by atoms with Crippen LogP contribution in [0.4, 0.5) is 8.78 Å². The van der Waals surface area contributed by atoms with Crippen molar-refractivity contribution in [3.63, 3.8) is 0 Å². The fourth-order valence-electron chi connectivity index (χ4n) is 2.74. The SMILES string of the molecule is N[C@@H](c1ccccc1OC(F)F)[C@H](O)C1CCCC1. The minimum Gasteiger partial charge on any atom is -0.434 e. The van der Waals surface area contributed by atoms with Crippen LogP contribution in [0.25, 0.3) is 0 Å². The number of benzene rings is 1. The fourth-order valence-corrected chi connectivity index (χ4v) is 2.74. The van der Waals surface area contributed by atoms with Crippen LogP contribution in [-0.4, -0.2) is 17.8 Å². The molecule has 0 unspecified atom stereocenters. The van der Waals surface area contributed by atoms with Gasteiger partial charge >= 0.3 is 6.61 Å². The van der Waals surface area contributed by atoms with E-state index in [0.717, 1.165) is 25.7 Å². The van der Waals surface area contributed by atoms with E-state index in [1.807, 2.05) is 0 Å². The van der Waals surface area contributed by atoms with Crippen molar-refractivity contribution in [2.24, 2.45) is 11.7 Å². The Morgan fingerprint density at radius 1 is 1.21 bits per heavy atom. The molecule has 1 fully saturated rings. The maximum atomic E-state index is 12.3. The van der Waals surface area contributed by atoms with Crippen molar-refractivity contribution in [3.8, 4) is 5.75 Å². The van der Waals surface area contributed by atoms with E-state index in [2.05, 4.69) is 4.74 Å². The van der Waals surface area contributed by atoms with Gasteiger partial charge in [-0.2, -0.15) is 8.78 Å². The van der Waals surface area contributed by atoms with Gasteiger partial charge in [-0.25, -0.2) is 0 Å². The Balaban J connectivity index is 2.15. The number of nitrogens with two attached hydrogens (primary N) is 1. The number of hydrogen-bond donors (Lipinski definition) is 2. The standard InChI is InChI=1S/C14H19F2NO2/c15-14(16)19-11-8-4-3-7-10(11)12(17)13(18)9-5-1-2-6-9/h3-4,7-9,12-14,18H,1-2,5-6,17H2/t12-,13+/m0/s1. The van der Waals surface area contributed by atoms with Crippen LogP contribution in [0.5, 0.6) is 5.75 Å². The summed E-state index contributed by atoms with van der Waals surface area (Å²) in [5.74, 6) is 0.191. The Morgan fingerprint density at radius 3 is 2.47 bits per heavy atom. The normalized spacial score (nSPS) is 19.6. The molecule has 0 aromatic heterocycles. The molecule has 0 heterocycles. The van der Waals surface area contributed by atoms with E-state index >= 15 is 0 Å². The number of halogens is 2. The lowest BCUT2D eigenvalue weighted by Crippen LogP contribution is -2.32. The van der Waals surface area contributed by atoms with E-state index in [4.69, 9.17) is 5.73 Å². The molecule has 0 amide bonds. The van der Waals surface area contributed by atoms with Gasteiger partial charge in [0.05, 0.1) is 12.1 Å². The van der Waals surface area contributed by atoms with E-state index in [1.54, 1.807) is 18.2 Å². The van der Waals surface area contributed by atoms with Crippen LogP contribution in [0.15, 0.2) is 24.3 Å². The van der Waals surface area contributed by atoms with Gasteiger partial charge in [-0.05, 0) is 24.8 Å². The summed E-state index contributed by atoms with van der Waals surface area (Å²) in [5, 5.41) is 10.3. The third kappa shape index (κ3) is 3.42. The first-order valence-corrected chi connectivity index (χ1v) is 6.57. The maximum Gasteiger partial charge on any atom is 0.387 e.